The van der Waals surface area contributed by atoms with E-state index < -0.39 is 23.8 Å². The molecule has 1 aliphatic carbocycles. The average Bonchev–Trinajstić information content (AvgIpc) is 3.66. The minimum atomic E-state index is -0.460. The van der Waals surface area contributed by atoms with Gasteiger partial charge in [0.1, 0.15) is 30.4 Å². The smallest absolute Gasteiger partial charge is 0.338 e. The molecule has 0 saturated heterocycles. The number of carbonyl (C=O) groups excluding carboxylic acids is 4. The van der Waals surface area contributed by atoms with Crippen molar-refractivity contribution in [2.75, 3.05) is 13.2 Å². The summed E-state index contributed by atoms with van der Waals surface area (Å²) >= 11 is 0. The van der Waals surface area contributed by atoms with E-state index in [0.29, 0.717) is 29.8 Å². The molecule has 2 N–H and O–H groups in total. The van der Waals surface area contributed by atoms with Crippen molar-refractivity contribution in [2.24, 2.45) is 0 Å². The maximum absolute atomic E-state index is 13.6. The standard InChI is InChI=1S/C33H31N5O6/c1-4-13-43-33(42)24-6-7-25-23(18(24)2)8-9-26(25)37-32(41)28-16-27(36-30-11-12-34-38(28)30)31(40)35-19(3)20-5-10-29-21(14-20)15-22(39)17-44-29/h4-7,10-12,14,16,19,26H,1,8-9,13,15,17H2,2-3H3,(H,35,40)(H,37,41)/t19?,26-/m0/s1. The Morgan fingerprint density at radius 1 is 1.18 bits per heavy atom. The second-order valence-corrected chi connectivity index (χ2v) is 11.0. The van der Waals surface area contributed by atoms with Gasteiger partial charge in [0.25, 0.3) is 11.8 Å². The third-order valence-corrected chi connectivity index (χ3v) is 8.08. The summed E-state index contributed by atoms with van der Waals surface area (Å²) in [5, 5.41) is 10.3. The minimum Gasteiger partial charge on any atom is -0.486 e. The first kappa shape index (κ1) is 28.8. The number of rotatable bonds is 8. The molecule has 0 saturated carbocycles. The van der Waals surface area contributed by atoms with Gasteiger partial charge in [0.15, 0.2) is 11.4 Å². The summed E-state index contributed by atoms with van der Waals surface area (Å²) in [4.78, 5) is 55.7. The highest BCUT2D eigenvalue weighted by molar-refractivity contribution is 5.98. The molecule has 2 atom stereocenters. The lowest BCUT2D eigenvalue weighted by Crippen LogP contribution is -2.31. The fourth-order valence-electron chi connectivity index (χ4n) is 5.81. The molecule has 11 heteroatoms. The van der Waals surface area contributed by atoms with Crippen molar-refractivity contribution in [1.29, 1.82) is 0 Å². The summed E-state index contributed by atoms with van der Waals surface area (Å²) in [5.74, 6) is -0.612. The van der Waals surface area contributed by atoms with Crippen molar-refractivity contribution in [2.45, 2.75) is 45.2 Å². The van der Waals surface area contributed by atoms with Crippen LogP contribution in [-0.4, -0.2) is 51.4 Å². The van der Waals surface area contributed by atoms with Crippen LogP contribution in [0.15, 0.2) is 61.3 Å². The van der Waals surface area contributed by atoms with Gasteiger partial charge >= 0.3 is 5.97 Å². The van der Waals surface area contributed by atoms with Crippen LogP contribution in [0.25, 0.3) is 5.65 Å². The SMILES string of the molecule is C=CCOC(=O)c1ccc2c(c1C)CC[C@@H]2NC(=O)c1cc(C(=O)NC(C)c2ccc3c(c2)CC(=O)CO3)nc2ccnn12. The molecular weight excluding hydrogens is 562 g/mol. The zero-order valence-electron chi connectivity index (χ0n) is 24.4. The van der Waals surface area contributed by atoms with Crippen molar-refractivity contribution < 1.29 is 28.7 Å². The Balaban J connectivity index is 1.21. The van der Waals surface area contributed by atoms with Gasteiger partial charge in [-0.3, -0.25) is 14.4 Å². The van der Waals surface area contributed by atoms with E-state index in [1.807, 2.05) is 32.0 Å². The molecule has 2 aliphatic rings. The van der Waals surface area contributed by atoms with Crippen LogP contribution >= 0.6 is 0 Å². The van der Waals surface area contributed by atoms with E-state index in [9.17, 15) is 19.2 Å². The van der Waals surface area contributed by atoms with E-state index in [1.54, 1.807) is 18.2 Å². The van der Waals surface area contributed by atoms with E-state index in [4.69, 9.17) is 9.47 Å². The van der Waals surface area contributed by atoms with Crippen LogP contribution in [0.2, 0.25) is 0 Å². The van der Waals surface area contributed by atoms with Gasteiger partial charge in [0.2, 0.25) is 0 Å². The topological polar surface area (TPSA) is 141 Å². The Bertz CT molecular complexity index is 1840. The normalized spacial score (nSPS) is 16.0. The lowest BCUT2D eigenvalue weighted by atomic mass is 9.98. The van der Waals surface area contributed by atoms with E-state index in [0.717, 1.165) is 27.8 Å². The molecule has 4 aromatic rings. The monoisotopic (exact) mass is 593 g/mol. The van der Waals surface area contributed by atoms with E-state index in [1.165, 1.54) is 22.9 Å². The van der Waals surface area contributed by atoms with Gasteiger partial charge in [0.05, 0.1) is 23.8 Å². The van der Waals surface area contributed by atoms with Crippen molar-refractivity contribution in [3.8, 4) is 5.75 Å². The van der Waals surface area contributed by atoms with Gasteiger partial charge < -0.3 is 20.1 Å². The molecule has 1 aliphatic heterocycles. The molecule has 2 aromatic heterocycles. The fourth-order valence-corrected chi connectivity index (χ4v) is 5.81. The van der Waals surface area contributed by atoms with Crippen molar-refractivity contribution >= 4 is 29.2 Å². The highest BCUT2D eigenvalue weighted by Crippen LogP contribution is 2.35. The second-order valence-electron chi connectivity index (χ2n) is 11.0. The van der Waals surface area contributed by atoms with Crippen molar-refractivity contribution in [1.82, 2.24) is 25.2 Å². The fraction of sp³-hybridized carbons (Fsp3) is 0.273. The van der Waals surface area contributed by atoms with Gasteiger partial charge in [-0.05, 0) is 67.1 Å². The third kappa shape index (κ3) is 5.44. The number of nitrogens with one attached hydrogen (secondary N) is 2. The zero-order chi connectivity index (χ0) is 31.0. The number of carbonyl (C=O) groups is 4. The quantitative estimate of drug-likeness (QED) is 0.232. The Labute approximate surface area is 253 Å². The van der Waals surface area contributed by atoms with Crippen molar-refractivity contribution in [3.63, 3.8) is 0 Å². The number of hydrogen-bond acceptors (Lipinski definition) is 8. The number of aromatic nitrogens is 3. The number of Topliss-reactive ketones (excluding diaryl/α,β-unsaturated/α-hetero) is 1. The number of ether oxygens (including phenoxy) is 2. The van der Waals surface area contributed by atoms with Gasteiger partial charge in [-0.1, -0.05) is 24.8 Å². The third-order valence-electron chi connectivity index (χ3n) is 8.08. The van der Waals surface area contributed by atoms with Crippen LogP contribution in [-0.2, 0) is 22.4 Å². The Hall–Kier alpha value is -5.32. The number of ketones is 1. The van der Waals surface area contributed by atoms with Gasteiger partial charge in [-0.15, -0.1) is 0 Å². The predicted octanol–water partition coefficient (Wildman–Crippen LogP) is 3.79. The second kappa shape index (κ2) is 11.8. The van der Waals surface area contributed by atoms with Crippen LogP contribution in [0.4, 0.5) is 0 Å². The molecule has 1 unspecified atom stereocenters. The maximum atomic E-state index is 13.6. The number of esters is 1. The summed E-state index contributed by atoms with van der Waals surface area (Å²) in [6.07, 6.45) is 4.67. The first-order valence-electron chi connectivity index (χ1n) is 14.4. The maximum Gasteiger partial charge on any atom is 0.338 e. The minimum absolute atomic E-state index is 0.000356. The lowest BCUT2D eigenvalue weighted by Gasteiger charge is -2.20. The number of amides is 2. The lowest BCUT2D eigenvalue weighted by molar-refractivity contribution is -0.121. The zero-order valence-corrected chi connectivity index (χ0v) is 24.4. The van der Waals surface area contributed by atoms with Crippen LogP contribution in [0.3, 0.4) is 0 Å². The molecule has 0 bridgehead atoms. The van der Waals surface area contributed by atoms with E-state index >= 15 is 0 Å². The largest absolute Gasteiger partial charge is 0.486 e. The summed E-state index contributed by atoms with van der Waals surface area (Å²) in [6, 6.07) is 11.4. The van der Waals surface area contributed by atoms with Gasteiger partial charge in [-0.25, -0.2) is 14.3 Å². The highest BCUT2D eigenvalue weighted by Gasteiger charge is 2.29. The Kier molecular flexibility index (Phi) is 7.69. The molecule has 2 amide bonds. The van der Waals surface area contributed by atoms with Crippen LogP contribution in [0.5, 0.6) is 5.75 Å². The van der Waals surface area contributed by atoms with E-state index in [-0.39, 0.29) is 42.8 Å². The summed E-state index contributed by atoms with van der Waals surface area (Å²) in [5.41, 5.74) is 5.44. The molecule has 224 valence electrons. The molecule has 2 aromatic carbocycles. The average molecular weight is 594 g/mol. The number of hydrogen-bond donors (Lipinski definition) is 2. The van der Waals surface area contributed by atoms with Gasteiger partial charge in [-0.2, -0.15) is 5.10 Å². The highest BCUT2D eigenvalue weighted by atomic mass is 16.5. The number of fused-ring (bicyclic) bond motifs is 3. The summed E-state index contributed by atoms with van der Waals surface area (Å²) < 4.78 is 12.1. The number of nitrogens with zero attached hydrogens (tertiary/aromatic N) is 3. The molecule has 3 heterocycles. The molecule has 0 radical (unpaired) electrons. The van der Waals surface area contributed by atoms with Crippen molar-refractivity contribution in [3.05, 3.63) is 106 Å². The van der Waals surface area contributed by atoms with Crippen LogP contribution in [0.1, 0.15) is 84.6 Å². The number of benzene rings is 2. The first-order valence-corrected chi connectivity index (χ1v) is 14.4. The Morgan fingerprint density at radius 3 is 2.84 bits per heavy atom. The molecular formula is C33H31N5O6. The summed E-state index contributed by atoms with van der Waals surface area (Å²) in [7, 11) is 0. The molecule has 0 spiro atoms. The predicted molar refractivity (Wildman–Crippen MR) is 160 cm³/mol. The summed E-state index contributed by atoms with van der Waals surface area (Å²) in [6.45, 7) is 7.49. The Morgan fingerprint density at radius 2 is 2.02 bits per heavy atom. The molecule has 0 fully saturated rings. The van der Waals surface area contributed by atoms with Crippen LogP contribution < -0.4 is 15.4 Å². The molecule has 44 heavy (non-hydrogen) atoms. The van der Waals surface area contributed by atoms with Gasteiger partial charge in [0, 0.05) is 24.1 Å². The molecule has 6 rings (SSSR count). The van der Waals surface area contributed by atoms with Crippen LogP contribution in [0, 0.1) is 6.92 Å². The first-order chi connectivity index (χ1) is 21.2. The van der Waals surface area contributed by atoms with E-state index in [2.05, 4.69) is 27.3 Å². The molecule has 11 nitrogen and oxygen atoms in total.